The van der Waals surface area contributed by atoms with Crippen molar-refractivity contribution in [2.24, 2.45) is 10.4 Å². The first-order chi connectivity index (χ1) is 10.8. The largest absolute Gasteiger partial charge is 0.371 e. The van der Waals surface area contributed by atoms with Crippen molar-refractivity contribution in [3.63, 3.8) is 0 Å². The molecule has 0 bridgehead atoms. The molecule has 1 aromatic rings. The molecule has 5 N–H and O–H groups in total. The Morgan fingerprint density at radius 2 is 2.26 bits per heavy atom. The first-order valence-corrected chi connectivity index (χ1v) is 7.45. The fourth-order valence-corrected chi connectivity index (χ4v) is 2.04. The highest BCUT2D eigenvalue weighted by molar-refractivity contribution is 5.80. The van der Waals surface area contributed by atoms with Crippen LogP contribution in [0.5, 0.6) is 0 Å². The van der Waals surface area contributed by atoms with Gasteiger partial charge in [0.2, 0.25) is 0 Å². The van der Waals surface area contributed by atoms with Gasteiger partial charge in [-0.25, -0.2) is 4.99 Å². The van der Waals surface area contributed by atoms with E-state index in [2.05, 4.69) is 43.0 Å². The van der Waals surface area contributed by atoms with Crippen LogP contribution in [0.2, 0.25) is 0 Å². The van der Waals surface area contributed by atoms with Crippen molar-refractivity contribution in [2.75, 3.05) is 12.4 Å². The molecule has 0 unspecified atom stereocenters. The monoisotopic (exact) mass is 312 g/mol. The van der Waals surface area contributed by atoms with E-state index < -0.39 is 0 Å². The molecule has 6 heteroatoms. The summed E-state index contributed by atoms with van der Waals surface area (Å²) in [6.45, 7) is 11.2. The first-order valence-electron chi connectivity index (χ1n) is 7.45. The van der Waals surface area contributed by atoms with Crippen LogP contribution in [0.25, 0.3) is 5.57 Å². The van der Waals surface area contributed by atoms with Crippen molar-refractivity contribution < 1.29 is 0 Å². The van der Waals surface area contributed by atoms with Crippen LogP contribution >= 0.6 is 0 Å². The Hall–Kier alpha value is -2.76. The van der Waals surface area contributed by atoms with Gasteiger partial charge in [0, 0.05) is 24.5 Å². The number of hydrogen-bond donors (Lipinski definition) is 4. The van der Waals surface area contributed by atoms with E-state index in [1.165, 1.54) is 4.68 Å². The van der Waals surface area contributed by atoms with E-state index in [1.807, 2.05) is 6.08 Å². The molecular formula is C17H24N6. The molecule has 1 aromatic heterocycles. The van der Waals surface area contributed by atoms with Gasteiger partial charge in [-0.15, -0.1) is 0 Å². The lowest BCUT2D eigenvalue weighted by Gasteiger charge is -2.24. The lowest BCUT2D eigenvalue weighted by molar-refractivity contribution is 0.392. The van der Waals surface area contributed by atoms with Crippen LogP contribution in [0.4, 0.5) is 0 Å². The SMILES string of the molecule is C=CC(=C1N=CC=C(NCC(C)(C)C)N1)c1cc(=N)ccn1N. The third-order valence-corrected chi connectivity index (χ3v) is 3.23. The Kier molecular flexibility index (Phi) is 4.74. The average Bonchev–Trinajstić information content (AvgIpc) is 2.49. The summed E-state index contributed by atoms with van der Waals surface area (Å²) < 4.78 is 1.46. The van der Waals surface area contributed by atoms with E-state index in [0.29, 0.717) is 16.9 Å². The van der Waals surface area contributed by atoms with Crippen molar-refractivity contribution in [3.05, 3.63) is 59.8 Å². The van der Waals surface area contributed by atoms with Gasteiger partial charge in [-0.1, -0.05) is 33.4 Å². The zero-order valence-electron chi connectivity index (χ0n) is 13.9. The average molecular weight is 312 g/mol. The van der Waals surface area contributed by atoms with Gasteiger partial charge < -0.3 is 21.9 Å². The van der Waals surface area contributed by atoms with E-state index in [1.54, 1.807) is 30.6 Å². The van der Waals surface area contributed by atoms with Crippen molar-refractivity contribution >= 4 is 11.8 Å². The number of nitrogens with one attached hydrogen (secondary N) is 3. The maximum atomic E-state index is 7.78. The second kappa shape index (κ2) is 6.56. The van der Waals surface area contributed by atoms with Crippen LogP contribution in [-0.2, 0) is 0 Å². The molecule has 1 aliphatic rings. The number of nitrogens with two attached hydrogens (primary N) is 1. The second-order valence-electron chi connectivity index (χ2n) is 6.57. The molecule has 0 saturated carbocycles. The number of pyridine rings is 1. The van der Waals surface area contributed by atoms with Crippen LogP contribution in [0.3, 0.4) is 0 Å². The molecule has 0 aromatic carbocycles. The van der Waals surface area contributed by atoms with Gasteiger partial charge in [-0.3, -0.25) is 4.68 Å². The summed E-state index contributed by atoms with van der Waals surface area (Å²) in [6, 6.07) is 3.31. The third-order valence-electron chi connectivity index (χ3n) is 3.23. The number of aromatic nitrogens is 1. The summed E-state index contributed by atoms with van der Waals surface area (Å²) in [5.74, 6) is 7.48. The summed E-state index contributed by atoms with van der Waals surface area (Å²) in [7, 11) is 0. The van der Waals surface area contributed by atoms with Crippen LogP contribution in [0.15, 0.2) is 53.7 Å². The molecule has 122 valence electrons. The molecule has 0 atom stereocenters. The Labute approximate surface area is 136 Å². The summed E-state index contributed by atoms with van der Waals surface area (Å²) in [6.07, 6.45) is 6.94. The van der Waals surface area contributed by atoms with Crippen LogP contribution in [-0.4, -0.2) is 17.4 Å². The molecule has 6 nitrogen and oxygen atoms in total. The molecule has 2 heterocycles. The van der Waals surface area contributed by atoms with Gasteiger partial charge >= 0.3 is 0 Å². The number of rotatable bonds is 4. The lowest BCUT2D eigenvalue weighted by atomic mass is 9.97. The molecular weight excluding hydrogens is 288 g/mol. The van der Waals surface area contributed by atoms with Gasteiger partial charge in [0.05, 0.1) is 11.1 Å². The number of nitrogen functional groups attached to an aromatic ring is 1. The molecule has 2 rings (SSSR count). The number of hydrogen-bond acceptors (Lipinski definition) is 5. The predicted octanol–water partition coefficient (Wildman–Crippen LogP) is 1.69. The van der Waals surface area contributed by atoms with Gasteiger partial charge in [0.25, 0.3) is 0 Å². The highest BCUT2D eigenvalue weighted by atomic mass is 15.3. The molecule has 0 radical (unpaired) electrons. The van der Waals surface area contributed by atoms with Crippen LogP contribution in [0.1, 0.15) is 26.5 Å². The van der Waals surface area contributed by atoms with E-state index in [-0.39, 0.29) is 5.41 Å². The number of allylic oxidation sites excluding steroid dienone is 3. The molecule has 0 amide bonds. The molecule has 0 fully saturated rings. The van der Waals surface area contributed by atoms with E-state index in [4.69, 9.17) is 11.3 Å². The Morgan fingerprint density at radius 1 is 1.52 bits per heavy atom. The standard InChI is InChI=1S/C17H24N6/c1-5-13(14-10-12(18)7-9-23(14)19)16-20-8-6-15(22-16)21-11-17(2,3)4/h5-10,18,21-22H,1,11,19H2,2-4H3. The van der Waals surface area contributed by atoms with Crippen LogP contribution in [0, 0.1) is 10.8 Å². The molecule has 0 spiro atoms. The Morgan fingerprint density at radius 3 is 2.91 bits per heavy atom. The Bertz CT molecular complexity index is 743. The number of aliphatic imine (C=N–C) groups is 1. The van der Waals surface area contributed by atoms with Crippen molar-refractivity contribution in [1.82, 2.24) is 15.3 Å². The van der Waals surface area contributed by atoms with E-state index >= 15 is 0 Å². The lowest BCUT2D eigenvalue weighted by Crippen LogP contribution is -2.34. The summed E-state index contributed by atoms with van der Waals surface area (Å²) in [5.41, 5.74) is 1.58. The van der Waals surface area contributed by atoms with Crippen molar-refractivity contribution in [3.8, 4) is 0 Å². The molecule has 1 aliphatic heterocycles. The van der Waals surface area contributed by atoms with E-state index in [0.717, 1.165) is 17.9 Å². The molecule has 0 aliphatic carbocycles. The van der Waals surface area contributed by atoms with Crippen LogP contribution < -0.4 is 21.8 Å². The molecule has 0 saturated heterocycles. The molecule has 23 heavy (non-hydrogen) atoms. The minimum absolute atomic E-state index is 0.169. The summed E-state index contributed by atoms with van der Waals surface area (Å²) >= 11 is 0. The highest BCUT2D eigenvalue weighted by Crippen LogP contribution is 2.19. The highest BCUT2D eigenvalue weighted by Gasteiger charge is 2.14. The first kappa shape index (κ1) is 16.6. The topological polar surface area (TPSA) is 91.2 Å². The zero-order valence-corrected chi connectivity index (χ0v) is 13.9. The van der Waals surface area contributed by atoms with Gasteiger partial charge in [-0.2, -0.15) is 0 Å². The summed E-state index contributed by atoms with van der Waals surface area (Å²) in [4.78, 5) is 4.37. The predicted molar refractivity (Wildman–Crippen MR) is 94.7 cm³/mol. The Balaban J connectivity index is 2.31. The quantitative estimate of drug-likeness (QED) is 0.638. The second-order valence-corrected chi connectivity index (χ2v) is 6.57. The zero-order chi connectivity index (χ0) is 17.0. The third kappa shape index (κ3) is 4.35. The van der Waals surface area contributed by atoms with Gasteiger partial charge in [0.1, 0.15) is 11.6 Å². The fraction of sp³-hybridized carbons (Fsp3) is 0.294. The maximum absolute atomic E-state index is 7.78. The minimum atomic E-state index is 0.169. The van der Waals surface area contributed by atoms with Crippen molar-refractivity contribution in [2.45, 2.75) is 20.8 Å². The maximum Gasteiger partial charge on any atom is 0.140 e. The van der Waals surface area contributed by atoms with Gasteiger partial charge in [-0.05, 0) is 23.6 Å². The minimum Gasteiger partial charge on any atom is -0.371 e. The smallest absolute Gasteiger partial charge is 0.140 e. The van der Waals surface area contributed by atoms with E-state index in [9.17, 15) is 0 Å². The normalized spacial score (nSPS) is 16.4. The van der Waals surface area contributed by atoms with Gasteiger partial charge in [0.15, 0.2) is 0 Å². The fourth-order valence-electron chi connectivity index (χ4n) is 2.04. The summed E-state index contributed by atoms with van der Waals surface area (Å²) in [5, 5.41) is 14.8. The van der Waals surface area contributed by atoms with Crippen molar-refractivity contribution in [1.29, 1.82) is 5.41 Å². The number of nitrogens with zero attached hydrogens (tertiary/aromatic N) is 2.